The van der Waals surface area contributed by atoms with E-state index in [0.29, 0.717) is 29.7 Å². The molecule has 0 bridgehead atoms. The van der Waals surface area contributed by atoms with Crippen LogP contribution in [0.2, 0.25) is 5.02 Å². The average molecular weight is 354 g/mol. The van der Waals surface area contributed by atoms with Crippen molar-refractivity contribution >= 4 is 23.2 Å². The maximum absolute atomic E-state index is 12.4. The van der Waals surface area contributed by atoms with Gasteiger partial charge in [0, 0.05) is 29.2 Å². The lowest BCUT2D eigenvalue weighted by molar-refractivity contribution is -0.117. The first-order valence-electron chi connectivity index (χ1n) is 8.07. The number of aryl methyl sites for hydroxylation is 1. The Morgan fingerprint density at radius 2 is 2.00 bits per heavy atom. The van der Waals surface area contributed by atoms with Gasteiger partial charge in [-0.25, -0.2) is 0 Å². The molecular formula is C19H16ClN3O2. The second kappa shape index (κ2) is 6.33. The minimum absolute atomic E-state index is 0.0661. The van der Waals surface area contributed by atoms with Gasteiger partial charge in [-0.2, -0.15) is 4.98 Å². The van der Waals surface area contributed by atoms with E-state index in [9.17, 15) is 4.79 Å². The highest BCUT2D eigenvalue weighted by molar-refractivity contribution is 6.30. The molecule has 1 atom stereocenters. The van der Waals surface area contributed by atoms with Crippen LogP contribution in [0.15, 0.2) is 53.1 Å². The standard InChI is InChI=1S/C19H16ClN3O2/c1-12-5-7-16(8-6-12)23-11-14(10-17(23)24)19-21-18(22-25-19)13-3-2-4-15(20)9-13/h2-9,14H,10-11H2,1H3. The van der Waals surface area contributed by atoms with E-state index < -0.39 is 0 Å². The molecule has 0 saturated carbocycles. The van der Waals surface area contributed by atoms with Crippen LogP contribution < -0.4 is 4.90 Å². The second-order valence-electron chi connectivity index (χ2n) is 6.21. The van der Waals surface area contributed by atoms with Crippen LogP contribution in [-0.2, 0) is 4.79 Å². The molecule has 1 amide bonds. The molecule has 1 fully saturated rings. The van der Waals surface area contributed by atoms with Crippen LogP contribution in [-0.4, -0.2) is 22.6 Å². The molecule has 126 valence electrons. The molecule has 4 rings (SSSR count). The number of anilines is 1. The fraction of sp³-hybridized carbons (Fsp3) is 0.211. The zero-order valence-electron chi connectivity index (χ0n) is 13.6. The molecule has 1 unspecified atom stereocenters. The van der Waals surface area contributed by atoms with Gasteiger partial charge in [-0.15, -0.1) is 0 Å². The predicted molar refractivity (Wildman–Crippen MR) is 95.6 cm³/mol. The van der Waals surface area contributed by atoms with Gasteiger partial charge in [-0.1, -0.05) is 46.6 Å². The molecule has 2 heterocycles. The monoisotopic (exact) mass is 353 g/mol. The third-order valence-electron chi connectivity index (χ3n) is 4.34. The maximum atomic E-state index is 12.4. The van der Waals surface area contributed by atoms with Crippen LogP contribution in [0.3, 0.4) is 0 Å². The Bertz CT molecular complexity index is 920. The topological polar surface area (TPSA) is 59.2 Å². The SMILES string of the molecule is Cc1ccc(N2CC(c3nc(-c4cccc(Cl)c4)no3)CC2=O)cc1. The van der Waals surface area contributed by atoms with Gasteiger partial charge in [0.1, 0.15) is 0 Å². The number of carbonyl (C=O) groups is 1. The van der Waals surface area contributed by atoms with Gasteiger partial charge >= 0.3 is 0 Å². The smallest absolute Gasteiger partial charge is 0.232 e. The summed E-state index contributed by atoms with van der Waals surface area (Å²) in [5, 5.41) is 4.65. The van der Waals surface area contributed by atoms with Gasteiger partial charge in [-0.3, -0.25) is 4.79 Å². The van der Waals surface area contributed by atoms with Crippen LogP contribution in [0, 0.1) is 6.92 Å². The van der Waals surface area contributed by atoms with Gasteiger partial charge in [0.2, 0.25) is 17.6 Å². The van der Waals surface area contributed by atoms with E-state index in [1.165, 1.54) is 0 Å². The lowest BCUT2D eigenvalue weighted by Crippen LogP contribution is -2.24. The lowest BCUT2D eigenvalue weighted by Gasteiger charge is -2.16. The number of carbonyl (C=O) groups excluding carboxylic acids is 1. The van der Waals surface area contributed by atoms with Crippen molar-refractivity contribution in [2.45, 2.75) is 19.3 Å². The summed E-state index contributed by atoms with van der Waals surface area (Å²) in [5.41, 5.74) is 2.85. The Kier molecular flexibility index (Phi) is 4.01. The van der Waals surface area contributed by atoms with Crippen molar-refractivity contribution in [1.82, 2.24) is 10.1 Å². The number of benzene rings is 2. The first kappa shape index (κ1) is 15.8. The molecule has 6 heteroatoms. The lowest BCUT2D eigenvalue weighted by atomic mass is 10.1. The number of halogens is 1. The minimum Gasteiger partial charge on any atom is -0.339 e. The third-order valence-corrected chi connectivity index (χ3v) is 4.58. The van der Waals surface area contributed by atoms with Crippen molar-refractivity contribution in [2.75, 3.05) is 11.4 Å². The highest BCUT2D eigenvalue weighted by Gasteiger charge is 2.35. The van der Waals surface area contributed by atoms with Crippen LogP contribution in [0.4, 0.5) is 5.69 Å². The fourth-order valence-corrected chi connectivity index (χ4v) is 3.18. The first-order chi connectivity index (χ1) is 12.1. The van der Waals surface area contributed by atoms with E-state index in [0.717, 1.165) is 16.8 Å². The van der Waals surface area contributed by atoms with Crippen molar-refractivity contribution in [1.29, 1.82) is 0 Å². The molecular weight excluding hydrogens is 338 g/mol. The number of rotatable bonds is 3. The number of hydrogen-bond acceptors (Lipinski definition) is 4. The highest BCUT2D eigenvalue weighted by atomic mass is 35.5. The number of nitrogens with zero attached hydrogens (tertiary/aromatic N) is 3. The minimum atomic E-state index is -0.103. The van der Waals surface area contributed by atoms with Crippen molar-refractivity contribution in [3.8, 4) is 11.4 Å². The van der Waals surface area contributed by atoms with Gasteiger partial charge in [0.15, 0.2) is 0 Å². The van der Waals surface area contributed by atoms with E-state index in [2.05, 4.69) is 10.1 Å². The summed E-state index contributed by atoms with van der Waals surface area (Å²) in [6.07, 6.45) is 0.366. The Morgan fingerprint density at radius 1 is 1.20 bits per heavy atom. The summed E-state index contributed by atoms with van der Waals surface area (Å²) >= 11 is 6.01. The molecule has 25 heavy (non-hydrogen) atoms. The Hall–Kier alpha value is -2.66. The van der Waals surface area contributed by atoms with Crippen LogP contribution in [0.1, 0.15) is 23.8 Å². The molecule has 1 aliphatic heterocycles. The first-order valence-corrected chi connectivity index (χ1v) is 8.44. The zero-order chi connectivity index (χ0) is 17.4. The van der Waals surface area contributed by atoms with E-state index >= 15 is 0 Å². The molecule has 0 aliphatic carbocycles. The highest BCUT2D eigenvalue weighted by Crippen LogP contribution is 2.32. The number of aromatic nitrogens is 2. The summed E-state index contributed by atoms with van der Waals surface area (Å²) in [6.45, 7) is 2.56. The van der Waals surface area contributed by atoms with Crippen molar-refractivity contribution in [3.05, 3.63) is 65.0 Å². The van der Waals surface area contributed by atoms with Crippen molar-refractivity contribution in [2.24, 2.45) is 0 Å². The van der Waals surface area contributed by atoms with Crippen LogP contribution in [0.25, 0.3) is 11.4 Å². The van der Waals surface area contributed by atoms with Crippen LogP contribution >= 0.6 is 11.6 Å². The molecule has 1 aliphatic rings. The Balaban J connectivity index is 1.55. The molecule has 5 nitrogen and oxygen atoms in total. The molecule has 0 N–H and O–H groups in total. The summed E-state index contributed by atoms with van der Waals surface area (Å²) < 4.78 is 5.41. The number of amides is 1. The third kappa shape index (κ3) is 3.15. The van der Waals surface area contributed by atoms with Crippen molar-refractivity contribution in [3.63, 3.8) is 0 Å². The van der Waals surface area contributed by atoms with Gasteiger partial charge in [-0.05, 0) is 31.2 Å². The summed E-state index contributed by atoms with van der Waals surface area (Å²) in [5.74, 6) is 0.933. The normalized spacial score (nSPS) is 17.3. The van der Waals surface area contributed by atoms with E-state index in [-0.39, 0.29) is 11.8 Å². The summed E-state index contributed by atoms with van der Waals surface area (Å²) in [4.78, 5) is 18.6. The molecule has 1 aromatic heterocycles. The average Bonchev–Trinajstić information content (AvgIpc) is 3.23. The molecule has 0 radical (unpaired) electrons. The van der Waals surface area contributed by atoms with Gasteiger partial charge in [0.25, 0.3) is 0 Å². The fourth-order valence-electron chi connectivity index (χ4n) is 2.99. The maximum Gasteiger partial charge on any atom is 0.232 e. The summed E-state index contributed by atoms with van der Waals surface area (Å²) in [7, 11) is 0. The second-order valence-corrected chi connectivity index (χ2v) is 6.64. The van der Waals surface area contributed by atoms with Crippen molar-refractivity contribution < 1.29 is 9.32 Å². The van der Waals surface area contributed by atoms with Gasteiger partial charge in [0.05, 0.1) is 5.92 Å². The Labute approximate surface area is 150 Å². The molecule has 0 spiro atoms. The predicted octanol–water partition coefficient (Wildman–Crippen LogP) is 4.22. The quantitative estimate of drug-likeness (QED) is 0.707. The molecule has 3 aromatic rings. The largest absolute Gasteiger partial charge is 0.339 e. The molecule has 2 aromatic carbocycles. The zero-order valence-corrected chi connectivity index (χ0v) is 14.4. The Morgan fingerprint density at radius 3 is 2.76 bits per heavy atom. The van der Waals surface area contributed by atoms with Crippen LogP contribution in [0.5, 0.6) is 0 Å². The van der Waals surface area contributed by atoms with E-state index in [1.807, 2.05) is 43.3 Å². The van der Waals surface area contributed by atoms with Gasteiger partial charge < -0.3 is 9.42 Å². The van der Waals surface area contributed by atoms with E-state index in [4.69, 9.17) is 16.1 Å². The molecule has 1 saturated heterocycles. The van der Waals surface area contributed by atoms with E-state index in [1.54, 1.807) is 17.0 Å². The number of hydrogen-bond donors (Lipinski definition) is 0. The summed E-state index contributed by atoms with van der Waals surface area (Å²) in [6, 6.07) is 15.2.